The Morgan fingerprint density at radius 1 is 1.24 bits per heavy atom. The third-order valence-electron chi connectivity index (χ3n) is 4.14. The van der Waals surface area contributed by atoms with Gasteiger partial charge in [-0.2, -0.15) is 0 Å². The molecule has 0 saturated carbocycles. The summed E-state index contributed by atoms with van der Waals surface area (Å²) in [4.78, 5) is 23.9. The molecule has 112 valence electrons. The Balaban J connectivity index is 1.91. The molecule has 1 N–H and O–H groups in total. The normalized spacial score (nSPS) is 24.2. The van der Waals surface area contributed by atoms with E-state index in [1.807, 2.05) is 0 Å². The highest BCUT2D eigenvalue weighted by Gasteiger charge is 2.39. The molecule has 2 heterocycles. The summed E-state index contributed by atoms with van der Waals surface area (Å²) in [7, 11) is 0. The van der Waals surface area contributed by atoms with Crippen molar-refractivity contribution in [2.45, 2.75) is 0 Å². The Morgan fingerprint density at radius 2 is 1.81 bits per heavy atom. The molecule has 0 radical (unpaired) electrons. The Labute approximate surface area is 118 Å². The van der Waals surface area contributed by atoms with Crippen LogP contribution in [0.4, 0.5) is 14.5 Å². The molecule has 1 aromatic rings. The zero-order valence-electron chi connectivity index (χ0n) is 11.0. The van der Waals surface area contributed by atoms with Crippen LogP contribution in [-0.4, -0.2) is 41.9 Å². The maximum absolute atomic E-state index is 13.3. The zero-order valence-corrected chi connectivity index (χ0v) is 11.0. The molecule has 1 aromatic carbocycles. The van der Waals surface area contributed by atoms with Crippen LogP contribution in [0, 0.1) is 33.6 Å². The number of halogens is 2. The first-order valence-corrected chi connectivity index (χ1v) is 6.61. The van der Waals surface area contributed by atoms with Crippen molar-refractivity contribution in [2.24, 2.45) is 11.8 Å². The SMILES string of the molecule is O=C(c1cc(F)c(F)cc1[N+](=O)[O-])N1CC2CNCC2C1. The summed E-state index contributed by atoms with van der Waals surface area (Å²) in [5.41, 5.74) is -1.10. The van der Waals surface area contributed by atoms with Crippen molar-refractivity contribution in [3.05, 3.63) is 39.4 Å². The Hall–Kier alpha value is -2.09. The van der Waals surface area contributed by atoms with E-state index in [1.165, 1.54) is 4.90 Å². The largest absolute Gasteiger partial charge is 0.338 e. The van der Waals surface area contributed by atoms with Gasteiger partial charge in [0.25, 0.3) is 11.6 Å². The summed E-state index contributed by atoms with van der Waals surface area (Å²) in [5.74, 6) is -2.57. The Morgan fingerprint density at radius 3 is 2.38 bits per heavy atom. The third-order valence-corrected chi connectivity index (χ3v) is 4.14. The highest BCUT2D eigenvalue weighted by Crippen LogP contribution is 2.30. The van der Waals surface area contributed by atoms with Crippen molar-refractivity contribution in [3.63, 3.8) is 0 Å². The molecule has 2 saturated heterocycles. The van der Waals surface area contributed by atoms with E-state index in [2.05, 4.69) is 5.32 Å². The third kappa shape index (κ3) is 2.35. The van der Waals surface area contributed by atoms with Gasteiger partial charge >= 0.3 is 0 Å². The molecule has 1 amide bonds. The lowest BCUT2D eigenvalue weighted by atomic mass is 10.0. The topological polar surface area (TPSA) is 75.5 Å². The predicted molar refractivity (Wildman–Crippen MR) is 68.8 cm³/mol. The number of nitro groups is 1. The van der Waals surface area contributed by atoms with Gasteiger partial charge in [0.15, 0.2) is 11.6 Å². The molecule has 0 aliphatic carbocycles. The van der Waals surface area contributed by atoms with Crippen LogP contribution in [0.2, 0.25) is 0 Å². The molecule has 3 rings (SSSR count). The molecule has 2 atom stereocenters. The van der Waals surface area contributed by atoms with Crippen LogP contribution in [0.5, 0.6) is 0 Å². The number of nitrogens with zero attached hydrogens (tertiary/aromatic N) is 2. The smallest absolute Gasteiger partial charge is 0.285 e. The number of fused-ring (bicyclic) bond motifs is 1. The average Bonchev–Trinajstić information content (AvgIpc) is 3.01. The number of nitro benzene ring substituents is 1. The van der Waals surface area contributed by atoms with Gasteiger partial charge in [-0.3, -0.25) is 14.9 Å². The molecule has 2 fully saturated rings. The van der Waals surface area contributed by atoms with Crippen LogP contribution in [0.15, 0.2) is 12.1 Å². The highest BCUT2D eigenvalue weighted by molar-refractivity contribution is 5.98. The number of rotatable bonds is 2. The van der Waals surface area contributed by atoms with Crippen LogP contribution in [0.25, 0.3) is 0 Å². The second-order valence-electron chi connectivity index (χ2n) is 5.43. The van der Waals surface area contributed by atoms with E-state index in [4.69, 9.17) is 0 Å². The quantitative estimate of drug-likeness (QED) is 0.656. The van der Waals surface area contributed by atoms with E-state index in [-0.39, 0.29) is 0 Å². The van der Waals surface area contributed by atoms with Gasteiger partial charge in [0, 0.05) is 26.2 Å². The summed E-state index contributed by atoms with van der Waals surface area (Å²) in [5, 5.41) is 14.2. The van der Waals surface area contributed by atoms with Gasteiger partial charge in [-0.05, 0) is 17.9 Å². The predicted octanol–water partition coefficient (Wildman–Crippen LogP) is 1.16. The molecule has 0 spiro atoms. The number of hydrogen-bond donors (Lipinski definition) is 1. The van der Waals surface area contributed by atoms with Crippen LogP contribution in [-0.2, 0) is 0 Å². The van der Waals surface area contributed by atoms with Crippen LogP contribution in [0.1, 0.15) is 10.4 Å². The molecule has 0 bridgehead atoms. The van der Waals surface area contributed by atoms with E-state index in [0.717, 1.165) is 13.1 Å². The summed E-state index contributed by atoms with van der Waals surface area (Å²) >= 11 is 0. The number of benzene rings is 1. The number of carbonyl (C=O) groups excluding carboxylic acids is 1. The fourth-order valence-corrected chi connectivity index (χ4v) is 3.05. The van der Waals surface area contributed by atoms with Gasteiger partial charge in [0.05, 0.1) is 11.0 Å². The summed E-state index contributed by atoms with van der Waals surface area (Å²) in [6, 6.07) is 1.07. The lowest BCUT2D eigenvalue weighted by Crippen LogP contribution is -2.32. The molecular weight excluding hydrogens is 284 g/mol. The fraction of sp³-hybridized carbons (Fsp3) is 0.462. The monoisotopic (exact) mass is 297 g/mol. The second kappa shape index (κ2) is 5.03. The minimum Gasteiger partial charge on any atom is -0.338 e. The van der Waals surface area contributed by atoms with E-state index in [1.54, 1.807) is 0 Å². The van der Waals surface area contributed by atoms with Gasteiger partial charge in [-0.15, -0.1) is 0 Å². The second-order valence-corrected chi connectivity index (χ2v) is 5.43. The van der Waals surface area contributed by atoms with E-state index in [9.17, 15) is 23.7 Å². The lowest BCUT2D eigenvalue weighted by molar-refractivity contribution is -0.385. The summed E-state index contributed by atoms with van der Waals surface area (Å²) in [6.07, 6.45) is 0. The maximum atomic E-state index is 13.3. The standard InChI is InChI=1S/C13H13F2N3O3/c14-10-1-9(12(18(20)21)2-11(10)15)13(19)17-5-7-3-16-4-8(7)6-17/h1-2,7-8,16H,3-6H2. The number of amides is 1. The molecule has 2 unspecified atom stereocenters. The average molecular weight is 297 g/mol. The minimum atomic E-state index is -1.33. The van der Waals surface area contributed by atoms with Gasteiger partial charge in [-0.25, -0.2) is 8.78 Å². The van der Waals surface area contributed by atoms with Crippen molar-refractivity contribution in [1.82, 2.24) is 10.2 Å². The fourth-order valence-electron chi connectivity index (χ4n) is 3.05. The van der Waals surface area contributed by atoms with Gasteiger partial charge < -0.3 is 10.2 Å². The molecular formula is C13H13F2N3O3. The lowest BCUT2D eigenvalue weighted by Gasteiger charge is -2.17. The minimum absolute atomic E-state index is 0.318. The summed E-state index contributed by atoms with van der Waals surface area (Å²) in [6.45, 7) is 2.56. The number of likely N-dealkylation sites (tertiary alicyclic amines) is 1. The van der Waals surface area contributed by atoms with Crippen LogP contribution in [0.3, 0.4) is 0 Å². The van der Waals surface area contributed by atoms with E-state index in [0.29, 0.717) is 37.1 Å². The van der Waals surface area contributed by atoms with E-state index >= 15 is 0 Å². The maximum Gasteiger partial charge on any atom is 0.285 e. The van der Waals surface area contributed by atoms with Crippen molar-refractivity contribution < 1.29 is 18.5 Å². The number of carbonyl (C=O) groups is 1. The number of nitrogens with one attached hydrogen (secondary N) is 1. The van der Waals surface area contributed by atoms with Crippen molar-refractivity contribution in [1.29, 1.82) is 0 Å². The first kappa shape index (κ1) is 13.9. The first-order chi connectivity index (χ1) is 9.97. The van der Waals surface area contributed by atoms with Crippen LogP contribution >= 0.6 is 0 Å². The Bertz CT molecular complexity index is 611. The molecule has 8 heteroatoms. The van der Waals surface area contributed by atoms with Crippen molar-refractivity contribution in [2.75, 3.05) is 26.2 Å². The van der Waals surface area contributed by atoms with Gasteiger partial charge in [0.1, 0.15) is 5.56 Å². The summed E-state index contributed by atoms with van der Waals surface area (Å²) < 4.78 is 26.5. The van der Waals surface area contributed by atoms with Crippen molar-refractivity contribution >= 4 is 11.6 Å². The number of hydrogen-bond acceptors (Lipinski definition) is 4. The molecule has 2 aliphatic rings. The van der Waals surface area contributed by atoms with E-state index < -0.39 is 33.7 Å². The molecule has 0 aromatic heterocycles. The molecule has 6 nitrogen and oxygen atoms in total. The van der Waals surface area contributed by atoms with Crippen LogP contribution < -0.4 is 5.32 Å². The van der Waals surface area contributed by atoms with Crippen molar-refractivity contribution in [3.8, 4) is 0 Å². The first-order valence-electron chi connectivity index (χ1n) is 6.61. The van der Waals surface area contributed by atoms with Gasteiger partial charge in [-0.1, -0.05) is 0 Å². The van der Waals surface area contributed by atoms with Gasteiger partial charge in [0.2, 0.25) is 0 Å². The highest BCUT2D eigenvalue weighted by atomic mass is 19.2. The molecule has 21 heavy (non-hydrogen) atoms. The zero-order chi connectivity index (χ0) is 15.1. The Kier molecular flexibility index (Phi) is 3.32. The molecule has 2 aliphatic heterocycles.